The Bertz CT molecular complexity index is 2390. The van der Waals surface area contributed by atoms with Gasteiger partial charge in [0.1, 0.15) is 50.3 Å². The number of carboxylic acids is 1. The molecule has 0 aromatic rings. The van der Waals surface area contributed by atoms with E-state index in [2.05, 4.69) is 35.8 Å². The Morgan fingerprint density at radius 2 is 1.08 bits per heavy atom. The van der Waals surface area contributed by atoms with E-state index in [1.54, 1.807) is 13.8 Å². The van der Waals surface area contributed by atoms with Crippen molar-refractivity contribution in [3.63, 3.8) is 0 Å². The molecule has 1 saturated heterocycles. The number of aliphatic hydroxyl groups is 1. The number of rotatable bonds is 19. The SMILES string of the molecule is C=C(C)C(=O)OC12CC3CC(CC(O)(C3)C1)C2.C=C(C)C(=O)OC1CC2CC1C1CCCC21.C=C(C)C(=O)OCCOC(=O)CCC(=O)O.C=C(C)C(=O)OCCOC(=O)CCC(=O)OC1C2CC3C1OS(=O)(=O)C3C2. The Kier molecular flexibility index (Phi) is 20.0. The Labute approximate surface area is 444 Å². The number of fused-ring (bicyclic) bond motifs is 6. The van der Waals surface area contributed by atoms with E-state index in [-0.39, 0.29) is 93.1 Å². The first kappa shape index (κ1) is 59.8. The van der Waals surface area contributed by atoms with Gasteiger partial charge in [0.25, 0.3) is 10.1 Å². The van der Waals surface area contributed by atoms with Crippen LogP contribution >= 0.6 is 0 Å². The zero-order valence-corrected chi connectivity index (χ0v) is 45.1. The van der Waals surface area contributed by atoms with E-state index in [0.29, 0.717) is 48.2 Å². The number of hydrogen-bond donors (Lipinski definition) is 2. The second kappa shape index (κ2) is 25.4. The number of carbonyl (C=O) groups is 8. The van der Waals surface area contributed by atoms with E-state index in [9.17, 15) is 51.9 Å². The molecule has 9 saturated carbocycles. The van der Waals surface area contributed by atoms with Crippen molar-refractivity contribution >= 4 is 57.9 Å². The van der Waals surface area contributed by atoms with Gasteiger partial charge >= 0.3 is 47.8 Å². The third-order valence-corrected chi connectivity index (χ3v) is 18.0. The van der Waals surface area contributed by atoms with E-state index in [4.69, 9.17) is 33.0 Å². The lowest BCUT2D eigenvalue weighted by Gasteiger charge is -2.59. The van der Waals surface area contributed by atoms with E-state index >= 15 is 0 Å². The maximum atomic E-state index is 12.0. The second-order valence-corrected chi connectivity index (χ2v) is 24.3. The summed E-state index contributed by atoms with van der Waals surface area (Å²) in [4.78, 5) is 89.9. The number of aliphatic carboxylic acids is 1. The Balaban J connectivity index is 0.000000169. The molecule has 10 rings (SSSR count). The van der Waals surface area contributed by atoms with Crippen molar-refractivity contribution in [2.75, 3.05) is 26.4 Å². The van der Waals surface area contributed by atoms with Crippen LogP contribution in [-0.4, -0.2) is 128 Å². The summed E-state index contributed by atoms with van der Waals surface area (Å²) >= 11 is 0. The van der Waals surface area contributed by atoms with Crippen LogP contribution < -0.4 is 0 Å². The highest BCUT2D eigenvalue weighted by Gasteiger charge is 2.65. The first-order valence-electron chi connectivity index (χ1n) is 26.5. The largest absolute Gasteiger partial charge is 0.481 e. The molecule has 1 heterocycles. The molecule has 76 heavy (non-hydrogen) atoms. The molecule has 9 aliphatic carbocycles. The topological polar surface area (TPSA) is 285 Å². The summed E-state index contributed by atoms with van der Waals surface area (Å²) in [5, 5.41) is 18.3. The molecule has 0 radical (unpaired) electrons. The van der Waals surface area contributed by atoms with Gasteiger partial charge in [-0.15, -0.1) is 0 Å². The second-order valence-electron chi connectivity index (χ2n) is 22.5. The zero-order valence-electron chi connectivity index (χ0n) is 44.3. The summed E-state index contributed by atoms with van der Waals surface area (Å²) < 4.78 is 64.4. The van der Waals surface area contributed by atoms with Crippen molar-refractivity contribution in [1.29, 1.82) is 0 Å². The molecule has 8 bridgehead atoms. The first-order valence-corrected chi connectivity index (χ1v) is 27.9. The molecule has 0 amide bonds. The zero-order chi connectivity index (χ0) is 55.9. The van der Waals surface area contributed by atoms with E-state index in [1.165, 1.54) is 46.0 Å². The summed E-state index contributed by atoms with van der Waals surface area (Å²) in [6.07, 6.45) is 11.4. The summed E-state index contributed by atoms with van der Waals surface area (Å²) in [6.45, 7) is 20.1. The molecule has 0 aromatic heterocycles. The van der Waals surface area contributed by atoms with Gasteiger partial charge in [0.2, 0.25) is 0 Å². The molecule has 0 spiro atoms. The number of ether oxygens (including phenoxy) is 7. The molecular weight excluding hydrogens is 1010 g/mol. The minimum Gasteiger partial charge on any atom is -0.481 e. The predicted molar refractivity (Wildman–Crippen MR) is 268 cm³/mol. The van der Waals surface area contributed by atoms with Crippen LogP contribution in [0, 0.1) is 47.3 Å². The van der Waals surface area contributed by atoms with Gasteiger partial charge in [0.05, 0.1) is 36.5 Å². The summed E-state index contributed by atoms with van der Waals surface area (Å²) in [6, 6.07) is 0. The van der Waals surface area contributed by atoms with Crippen molar-refractivity contribution in [2.45, 2.75) is 172 Å². The number of carboxylic acid groups (broad SMARTS) is 1. The normalized spacial score (nSPS) is 33.2. The number of hydrogen-bond acceptors (Lipinski definition) is 19. The molecule has 2 N–H and O–H groups in total. The first-order chi connectivity index (χ1) is 35.7. The molecule has 12 unspecified atom stereocenters. The fraction of sp³-hybridized carbons (Fsp3) is 0.709. The van der Waals surface area contributed by atoms with Crippen LogP contribution in [0.4, 0.5) is 0 Å². The lowest BCUT2D eigenvalue weighted by molar-refractivity contribution is -0.217. The molecule has 422 valence electrons. The van der Waals surface area contributed by atoms with Crippen molar-refractivity contribution in [3.8, 4) is 0 Å². The van der Waals surface area contributed by atoms with Crippen LogP contribution in [0.3, 0.4) is 0 Å². The van der Waals surface area contributed by atoms with Gasteiger partial charge in [-0.05, 0) is 134 Å². The minimum atomic E-state index is -3.56. The molecule has 12 atom stereocenters. The van der Waals surface area contributed by atoms with Gasteiger partial charge in [0, 0.05) is 40.5 Å². The minimum absolute atomic E-state index is 0.0128. The van der Waals surface area contributed by atoms with Gasteiger partial charge in [-0.1, -0.05) is 32.7 Å². The quantitative estimate of drug-likeness (QED) is 0.0485. The van der Waals surface area contributed by atoms with E-state index in [0.717, 1.165) is 49.9 Å². The fourth-order valence-corrected chi connectivity index (χ4v) is 15.4. The van der Waals surface area contributed by atoms with Crippen molar-refractivity contribution in [2.24, 2.45) is 47.3 Å². The van der Waals surface area contributed by atoms with Gasteiger partial charge in [-0.3, -0.25) is 23.4 Å². The lowest BCUT2D eigenvalue weighted by atomic mass is 9.52. The smallest absolute Gasteiger partial charge is 0.333 e. The van der Waals surface area contributed by atoms with Gasteiger partial charge in [-0.25, -0.2) is 19.2 Å². The van der Waals surface area contributed by atoms with Crippen LogP contribution in [0.5, 0.6) is 0 Å². The molecule has 10 fully saturated rings. The molecular formula is C55H76O20S. The van der Waals surface area contributed by atoms with Crippen molar-refractivity contribution in [1.82, 2.24) is 0 Å². The Hall–Kier alpha value is -5.41. The van der Waals surface area contributed by atoms with Crippen molar-refractivity contribution < 1.29 is 94.3 Å². The Morgan fingerprint density at radius 3 is 1.62 bits per heavy atom. The van der Waals surface area contributed by atoms with E-state index in [1.807, 2.05) is 0 Å². The van der Waals surface area contributed by atoms with Gasteiger partial charge < -0.3 is 43.4 Å². The molecule has 10 aliphatic rings. The van der Waals surface area contributed by atoms with Crippen LogP contribution in [0.15, 0.2) is 48.6 Å². The number of esters is 7. The van der Waals surface area contributed by atoms with Gasteiger partial charge in [-0.2, -0.15) is 8.42 Å². The maximum Gasteiger partial charge on any atom is 0.333 e. The average molecular weight is 1090 g/mol. The molecule has 1 aliphatic heterocycles. The third kappa shape index (κ3) is 15.4. The fourth-order valence-electron chi connectivity index (χ4n) is 13.6. The van der Waals surface area contributed by atoms with Crippen molar-refractivity contribution in [3.05, 3.63) is 48.6 Å². The summed E-state index contributed by atoms with van der Waals surface area (Å²) in [7, 11) is -3.56. The highest BCUT2D eigenvalue weighted by molar-refractivity contribution is 7.87. The number of carbonyl (C=O) groups excluding carboxylic acids is 7. The van der Waals surface area contributed by atoms with Crippen LogP contribution in [0.2, 0.25) is 0 Å². The monoisotopic (exact) mass is 1090 g/mol. The summed E-state index contributed by atoms with van der Waals surface area (Å²) in [5.74, 6) is -0.215. The molecule has 0 aromatic carbocycles. The molecule has 21 heteroatoms. The highest BCUT2D eigenvalue weighted by atomic mass is 32.2. The average Bonchev–Trinajstić information content (AvgIpc) is 4.20. The standard InChI is InChI=1S/C17H22O9S.C14H20O3.C14H20O2.C10H14O6/c1-9(2)17(20)24-6-5-23-13(18)3-4-14(19)25-15-10-7-11-12(8-10)27(21,22)26-16(11)15;1-9(2)12(15)17-14-6-10-3-11(7-14)5-13(16,4-10)8-14;1-8(2)14(15)16-13-7-9-6-12(13)11-5-3-4-10(9)11;1-7(2)10(14)16-6-5-15-9(13)4-3-8(11)12/h10-12,15-16H,1,3-8H2,2H3;10-11,16H,1,3-8H2,2H3;9-13H,1,3-7H2,2H3;1,3-6H2,2H3,(H,11,12). The maximum absolute atomic E-state index is 12.0. The lowest BCUT2D eigenvalue weighted by Crippen LogP contribution is -2.60. The summed E-state index contributed by atoms with van der Waals surface area (Å²) in [5.41, 5.74) is 0.527. The third-order valence-electron chi connectivity index (χ3n) is 16.2. The molecule has 20 nitrogen and oxygen atoms in total. The van der Waals surface area contributed by atoms with E-state index < -0.39 is 74.6 Å². The highest BCUT2D eigenvalue weighted by Crippen LogP contribution is 2.61. The van der Waals surface area contributed by atoms with Gasteiger partial charge in [0.15, 0.2) is 0 Å². The van der Waals surface area contributed by atoms with Crippen LogP contribution in [-0.2, 0) is 85.8 Å². The predicted octanol–water partition coefficient (Wildman–Crippen LogP) is 6.11. The van der Waals surface area contributed by atoms with Crippen LogP contribution in [0.25, 0.3) is 0 Å². The Morgan fingerprint density at radius 1 is 0.566 bits per heavy atom. The van der Waals surface area contributed by atoms with Crippen LogP contribution in [0.1, 0.15) is 137 Å².